The number of carbonyl (C=O) groups is 1. The van der Waals surface area contributed by atoms with Crippen molar-refractivity contribution in [2.45, 2.75) is 11.9 Å². The Morgan fingerprint density at radius 1 is 1.60 bits per heavy atom. The summed E-state index contributed by atoms with van der Waals surface area (Å²) in [6.07, 6.45) is 1.97. The van der Waals surface area contributed by atoms with Gasteiger partial charge in [-0.1, -0.05) is 0 Å². The first-order valence-corrected chi connectivity index (χ1v) is 4.20. The summed E-state index contributed by atoms with van der Waals surface area (Å²) in [5.41, 5.74) is 0.685. The average molecular weight is 155 g/mol. The van der Waals surface area contributed by atoms with Crippen molar-refractivity contribution in [2.75, 3.05) is 6.26 Å². The SMILES string of the molecule is CSc1ccc(C(C)=O)[nH]1. The zero-order chi connectivity index (χ0) is 7.56. The molecular formula is C7H9NOS. The van der Waals surface area contributed by atoms with Gasteiger partial charge >= 0.3 is 0 Å². The van der Waals surface area contributed by atoms with Gasteiger partial charge in [-0.2, -0.15) is 0 Å². The zero-order valence-corrected chi connectivity index (χ0v) is 6.79. The first kappa shape index (κ1) is 7.41. The highest BCUT2D eigenvalue weighted by Gasteiger charge is 2.00. The summed E-state index contributed by atoms with van der Waals surface area (Å²) in [5, 5.41) is 1.03. The molecule has 0 spiro atoms. The molecule has 10 heavy (non-hydrogen) atoms. The second kappa shape index (κ2) is 2.92. The van der Waals surface area contributed by atoms with Crippen LogP contribution in [0, 0.1) is 0 Å². The Kier molecular flexibility index (Phi) is 2.17. The first-order chi connectivity index (χ1) is 4.74. The van der Waals surface area contributed by atoms with Crippen molar-refractivity contribution in [3.63, 3.8) is 0 Å². The maximum absolute atomic E-state index is 10.7. The number of thioether (sulfide) groups is 1. The largest absolute Gasteiger partial charge is 0.347 e. The van der Waals surface area contributed by atoms with E-state index in [1.54, 1.807) is 24.8 Å². The van der Waals surface area contributed by atoms with Crippen molar-refractivity contribution in [2.24, 2.45) is 0 Å². The summed E-state index contributed by atoms with van der Waals surface area (Å²) in [6, 6.07) is 3.70. The summed E-state index contributed by atoms with van der Waals surface area (Å²) < 4.78 is 0. The van der Waals surface area contributed by atoms with Gasteiger partial charge in [0.15, 0.2) is 5.78 Å². The van der Waals surface area contributed by atoms with Crippen molar-refractivity contribution in [1.29, 1.82) is 0 Å². The highest BCUT2D eigenvalue weighted by Crippen LogP contribution is 2.12. The van der Waals surface area contributed by atoms with E-state index in [0.29, 0.717) is 5.69 Å². The van der Waals surface area contributed by atoms with Gasteiger partial charge in [-0.25, -0.2) is 0 Å². The fourth-order valence-electron chi connectivity index (χ4n) is 0.700. The highest BCUT2D eigenvalue weighted by atomic mass is 32.2. The summed E-state index contributed by atoms with van der Waals surface area (Å²) >= 11 is 1.60. The van der Waals surface area contributed by atoms with E-state index in [4.69, 9.17) is 0 Å². The molecule has 1 rings (SSSR count). The Balaban J connectivity index is 2.88. The number of hydrogen-bond donors (Lipinski definition) is 1. The molecule has 3 heteroatoms. The van der Waals surface area contributed by atoms with Crippen LogP contribution in [0.5, 0.6) is 0 Å². The van der Waals surface area contributed by atoms with Gasteiger partial charge in [0.2, 0.25) is 0 Å². The van der Waals surface area contributed by atoms with Gasteiger partial charge in [0.1, 0.15) is 0 Å². The quantitative estimate of drug-likeness (QED) is 0.523. The minimum Gasteiger partial charge on any atom is -0.347 e. The summed E-state index contributed by atoms with van der Waals surface area (Å²) in [7, 11) is 0. The normalized spacial score (nSPS) is 9.80. The van der Waals surface area contributed by atoms with E-state index in [1.165, 1.54) is 0 Å². The number of hydrogen-bond acceptors (Lipinski definition) is 2. The van der Waals surface area contributed by atoms with Crippen LogP contribution in [0.4, 0.5) is 0 Å². The molecule has 0 aromatic carbocycles. The molecule has 54 valence electrons. The molecule has 1 heterocycles. The Morgan fingerprint density at radius 2 is 2.30 bits per heavy atom. The molecule has 0 aliphatic rings. The molecule has 0 aliphatic carbocycles. The van der Waals surface area contributed by atoms with E-state index in [2.05, 4.69) is 4.98 Å². The minimum atomic E-state index is 0.0836. The van der Waals surface area contributed by atoms with Crippen LogP contribution in [0.2, 0.25) is 0 Å². The molecule has 0 saturated carbocycles. The lowest BCUT2D eigenvalue weighted by molar-refractivity contribution is 0.101. The van der Waals surface area contributed by atoms with Crippen LogP contribution in [-0.4, -0.2) is 17.0 Å². The summed E-state index contributed by atoms with van der Waals surface area (Å²) in [5.74, 6) is 0.0836. The predicted molar refractivity (Wildman–Crippen MR) is 42.6 cm³/mol. The van der Waals surface area contributed by atoms with Crippen LogP contribution in [0.3, 0.4) is 0 Å². The van der Waals surface area contributed by atoms with E-state index in [9.17, 15) is 4.79 Å². The number of carbonyl (C=O) groups excluding carboxylic acids is 1. The Bertz CT molecular complexity index is 242. The number of aromatic amines is 1. The Hall–Kier alpha value is -0.700. The molecule has 2 nitrogen and oxygen atoms in total. The van der Waals surface area contributed by atoms with Crippen molar-refractivity contribution >= 4 is 17.5 Å². The van der Waals surface area contributed by atoms with Crippen LogP contribution in [0.1, 0.15) is 17.4 Å². The third kappa shape index (κ3) is 1.42. The van der Waals surface area contributed by atoms with Crippen molar-refractivity contribution in [3.8, 4) is 0 Å². The Labute approximate surface area is 64.0 Å². The lowest BCUT2D eigenvalue weighted by Gasteiger charge is -1.87. The predicted octanol–water partition coefficient (Wildman–Crippen LogP) is 1.94. The van der Waals surface area contributed by atoms with E-state index in [1.807, 2.05) is 12.3 Å². The molecule has 0 unspecified atom stereocenters. The third-order valence-electron chi connectivity index (χ3n) is 1.26. The molecule has 0 radical (unpaired) electrons. The van der Waals surface area contributed by atoms with Crippen molar-refractivity contribution in [1.82, 2.24) is 4.98 Å². The van der Waals surface area contributed by atoms with E-state index in [-0.39, 0.29) is 5.78 Å². The number of H-pyrrole nitrogens is 1. The fraction of sp³-hybridized carbons (Fsp3) is 0.286. The average Bonchev–Trinajstić information content (AvgIpc) is 2.34. The molecule has 1 aromatic rings. The smallest absolute Gasteiger partial charge is 0.175 e. The number of ketones is 1. The van der Waals surface area contributed by atoms with Gasteiger partial charge in [-0.05, 0) is 18.4 Å². The van der Waals surface area contributed by atoms with Crippen molar-refractivity contribution in [3.05, 3.63) is 17.8 Å². The van der Waals surface area contributed by atoms with E-state index >= 15 is 0 Å². The Morgan fingerprint density at radius 3 is 2.60 bits per heavy atom. The lowest BCUT2D eigenvalue weighted by Crippen LogP contribution is -1.90. The van der Waals surface area contributed by atoms with E-state index < -0.39 is 0 Å². The number of aromatic nitrogens is 1. The number of nitrogens with one attached hydrogen (secondary N) is 1. The van der Waals surface area contributed by atoms with Gasteiger partial charge in [0.25, 0.3) is 0 Å². The first-order valence-electron chi connectivity index (χ1n) is 2.98. The highest BCUT2D eigenvalue weighted by molar-refractivity contribution is 7.98. The monoisotopic (exact) mass is 155 g/mol. The fourth-order valence-corrected chi connectivity index (χ4v) is 1.12. The molecule has 0 fully saturated rings. The van der Waals surface area contributed by atoms with Gasteiger partial charge in [-0.3, -0.25) is 4.79 Å². The molecule has 0 atom stereocenters. The van der Waals surface area contributed by atoms with Crippen LogP contribution in [0.15, 0.2) is 17.2 Å². The molecule has 0 saturated heterocycles. The van der Waals surface area contributed by atoms with E-state index in [0.717, 1.165) is 5.03 Å². The molecule has 0 amide bonds. The summed E-state index contributed by atoms with van der Waals surface area (Å²) in [4.78, 5) is 13.7. The summed E-state index contributed by atoms with van der Waals surface area (Å²) in [6.45, 7) is 1.55. The standard InChI is InChI=1S/C7H9NOS/c1-5(9)6-3-4-7(8-6)10-2/h3-4,8H,1-2H3. The molecular weight excluding hydrogens is 146 g/mol. The van der Waals surface area contributed by atoms with Crippen LogP contribution in [0.25, 0.3) is 0 Å². The number of rotatable bonds is 2. The molecule has 1 aromatic heterocycles. The van der Waals surface area contributed by atoms with Gasteiger partial charge in [0, 0.05) is 6.92 Å². The second-order valence-corrected chi connectivity index (χ2v) is 2.84. The lowest BCUT2D eigenvalue weighted by atomic mass is 10.3. The third-order valence-corrected chi connectivity index (χ3v) is 1.94. The zero-order valence-electron chi connectivity index (χ0n) is 5.97. The maximum Gasteiger partial charge on any atom is 0.175 e. The minimum absolute atomic E-state index is 0.0836. The second-order valence-electron chi connectivity index (χ2n) is 2.00. The maximum atomic E-state index is 10.7. The molecule has 1 N–H and O–H groups in total. The van der Waals surface area contributed by atoms with Crippen molar-refractivity contribution < 1.29 is 4.79 Å². The number of Topliss-reactive ketones (excluding diaryl/α,β-unsaturated/α-hetero) is 1. The topological polar surface area (TPSA) is 32.9 Å². The van der Waals surface area contributed by atoms with Gasteiger partial charge in [0.05, 0.1) is 10.7 Å². The molecule has 0 bridgehead atoms. The van der Waals surface area contributed by atoms with Gasteiger partial charge < -0.3 is 4.98 Å². The molecule has 0 aliphatic heterocycles. The van der Waals surface area contributed by atoms with Crippen LogP contribution >= 0.6 is 11.8 Å². The van der Waals surface area contributed by atoms with Gasteiger partial charge in [-0.15, -0.1) is 11.8 Å². The van der Waals surface area contributed by atoms with Crippen LogP contribution in [-0.2, 0) is 0 Å². The van der Waals surface area contributed by atoms with Crippen LogP contribution < -0.4 is 0 Å².